The number of hydrogen-bond donors (Lipinski definition) is 1. The average molecular weight is 442 g/mol. The number of nitrogens with one attached hydrogen (secondary N) is 1. The number of nitrogens with zero attached hydrogens (tertiary/aromatic N) is 3. The van der Waals surface area contributed by atoms with E-state index in [0.717, 1.165) is 51.1 Å². The number of hydrogen-bond acceptors (Lipinski definition) is 4. The monoisotopic (exact) mass is 440 g/mol. The summed E-state index contributed by atoms with van der Waals surface area (Å²) in [6.45, 7) is 6.35. The summed E-state index contributed by atoms with van der Waals surface area (Å²) in [6, 6.07) is 0. The van der Waals surface area contributed by atoms with E-state index in [4.69, 9.17) is 0 Å². The highest BCUT2D eigenvalue weighted by atomic mass is 79.9. The Labute approximate surface area is 151 Å². The van der Waals surface area contributed by atoms with Crippen LogP contribution in [0.15, 0.2) is 26.1 Å². The second-order valence-corrected chi connectivity index (χ2v) is 7.78. The van der Waals surface area contributed by atoms with Gasteiger partial charge in [-0.05, 0) is 37.4 Å². The molecule has 0 saturated heterocycles. The molecule has 0 atom stereocenters. The van der Waals surface area contributed by atoms with E-state index in [1.165, 1.54) is 0 Å². The first-order chi connectivity index (χ1) is 11.0. The minimum Gasteiger partial charge on any atom is -0.310 e. The molecule has 122 valence electrons. The lowest BCUT2D eigenvalue weighted by molar-refractivity contribution is 0.240. The fourth-order valence-electron chi connectivity index (χ4n) is 2.72. The first-order valence-electron chi connectivity index (χ1n) is 7.58. The van der Waals surface area contributed by atoms with Gasteiger partial charge in [-0.1, -0.05) is 13.8 Å². The highest BCUT2D eigenvalue weighted by Gasteiger charge is 2.22. The van der Waals surface area contributed by atoms with Crippen molar-refractivity contribution in [1.82, 2.24) is 19.9 Å². The third-order valence-corrected chi connectivity index (χ3v) is 5.41. The minimum atomic E-state index is -0.00346. The number of aromatic nitrogens is 3. The van der Waals surface area contributed by atoms with Crippen molar-refractivity contribution in [2.45, 2.75) is 39.3 Å². The molecular weight excluding hydrogens is 424 g/mol. The zero-order chi connectivity index (χ0) is 16.6. The molecule has 1 N–H and O–H groups in total. The summed E-state index contributed by atoms with van der Waals surface area (Å²) in [5, 5.41) is 0. The molecule has 3 heterocycles. The molecule has 0 fully saturated rings. The van der Waals surface area contributed by atoms with Crippen molar-refractivity contribution in [3.63, 3.8) is 0 Å². The number of aromatic amines is 1. The maximum Gasteiger partial charge on any atom is 0.255 e. The molecule has 3 rings (SSSR count). The standard InChI is InChI=1S/C16H18Br2N4O/c1-9(2)15-20-14-3-4-22(8-11(14)16(23)21-15)7-10-12(17)5-19-6-13(10)18/h5-6,9H,3-4,7-8H2,1-2H3,(H,20,21,23). The molecule has 0 saturated carbocycles. The molecule has 0 radical (unpaired) electrons. The van der Waals surface area contributed by atoms with Crippen LogP contribution in [-0.2, 0) is 19.5 Å². The van der Waals surface area contributed by atoms with Crippen molar-refractivity contribution >= 4 is 31.9 Å². The highest BCUT2D eigenvalue weighted by molar-refractivity contribution is 9.11. The molecule has 7 heteroatoms. The fraction of sp³-hybridized carbons (Fsp3) is 0.438. The molecule has 23 heavy (non-hydrogen) atoms. The summed E-state index contributed by atoms with van der Waals surface area (Å²) in [4.78, 5) is 26.3. The van der Waals surface area contributed by atoms with Gasteiger partial charge in [-0.25, -0.2) is 4.98 Å². The second kappa shape index (κ2) is 6.83. The second-order valence-electron chi connectivity index (χ2n) is 6.07. The van der Waals surface area contributed by atoms with E-state index in [0.29, 0.717) is 6.54 Å². The zero-order valence-corrected chi connectivity index (χ0v) is 16.2. The summed E-state index contributed by atoms with van der Waals surface area (Å²) < 4.78 is 1.94. The van der Waals surface area contributed by atoms with Crippen LogP contribution in [0, 0.1) is 0 Å². The molecular formula is C16H18Br2N4O. The van der Waals surface area contributed by atoms with E-state index in [1.807, 2.05) is 13.8 Å². The van der Waals surface area contributed by atoms with Crippen molar-refractivity contribution < 1.29 is 0 Å². The van der Waals surface area contributed by atoms with Crippen molar-refractivity contribution in [1.29, 1.82) is 0 Å². The van der Waals surface area contributed by atoms with Crippen LogP contribution in [0.1, 0.15) is 42.4 Å². The molecule has 0 unspecified atom stereocenters. The van der Waals surface area contributed by atoms with Gasteiger partial charge in [0, 0.05) is 53.3 Å². The molecule has 1 aliphatic heterocycles. The average Bonchev–Trinajstić information content (AvgIpc) is 2.51. The van der Waals surface area contributed by atoms with Crippen molar-refractivity contribution in [2.24, 2.45) is 0 Å². The maximum atomic E-state index is 12.4. The number of H-pyrrole nitrogens is 1. The van der Waals surface area contributed by atoms with Gasteiger partial charge in [0.25, 0.3) is 5.56 Å². The number of rotatable bonds is 3. The van der Waals surface area contributed by atoms with Gasteiger partial charge >= 0.3 is 0 Å². The minimum absolute atomic E-state index is 0.00346. The predicted molar refractivity (Wildman–Crippen MR) is 96.4 cm³/mol. The van der Waals surface area contributed by atoms with E-state index < -0.39 is 0 Å². The summed E-state index contributed by atoms with van der Waals surface area (Å²) in [5.74, 6) is 1.01. The van der Waals surface area contributed by atoms with Gasteiger partial charge in [0.05, 0.1) is 11.3 Å². The van der Waals surface area contributed by atoms with Gasteiger partial charge in [-0.15, -0.1) is 0 Å². The first kappa shape index (κ1) is 16.8. The Kier molecular flexibility index (Phi) is 4.98. The molecule has 2 aromatic rings. The summed E-state index contributed by atoms with van der Waals surface area (Å²) in [5.41, 5.74) is 2.88. The lowest BCUT2D eigenvalue weighted by Gasteiger charge is -2.28. The molecule has 0 bridgehead atoms. The van der Waals surface area contributed by atoms with Gasteiger partial charge in [-0.2, -0.15) is 0 Å². The molecule has 5 nitrogen and oxygen atoms in total. The van der Waals surface area contributed by atoms with Crippen LogP contribution in [0.25, 0.3) is 0 Å². The van der Waals surface area contributed by atoms with Gasteiger partial charge < -0.3 is 4.98 Å². The largest absolute Gasteiger partial charge is 0.310 e. The first-order valence-corrected chi connectivity index (χ1v) is 9.16. The van der Waals surface area contributed by atoms with E-state index in [9.17, 15) is 4.79 Å². The smallest absolute Gasteiger partial charge is 0.255 e. The van der Waals surface area contributed by atoms with Crippen LogP contribution < -0.4 is 5.56 Å². The van der Waals surface area contributed by atoms with Crippen molar-refractivity contribution in [3.05, 3.63) is 54.3 Å². The maximum absolute atomic E-state index is 12.4. The Hall–Kier alpha value is -1.05. The van der Waals surface area contributed by atoms with Crippen LogP contribution in [0.2, 0.25) is 0 Å². The summed E-state index contributed by atoms with van der Waals surface area (Å²) in [7, 11) is 0. The third kappa shape index (κ3) is 3.56. The lowest BCUT2D eigenvalue weighted by atomic mass is 10.1. The van der Waals surface area contributed by atoms with Gasteiger partial charge in [0.2, 0.25) is 0 Å². The topological polar surface area (TPSA) is 61.9 Å². The Bertz CT molecular complexity index is 768. The van der Waals surface area contributed by atoms with Crippen LogP contribution in [-0.4, -0.2) is 26.4 Å². The Morgan fingerprint density at radius 2 is 2.00 bits per heavy atom. The SMILES string of the molecule is CC(C)c1nc2c(c(=O)[nH]1)CN(Cc1c(Br)cncc1Br)CC2. The molecule has 2 aromatic heterocycles. The van der Waals surface area contributed by atoms with E-state index in [2.05, 4.69) is 51.7 Å². The van der Waals surface area contributed by atoms with Crippen LogP contribution in [0.5, 0.6) is 0 Å². The van der Waals surface area contributed by atoms with Gasteiger partial charge in [-0.3, -0.25) is 14.7 Å². The number of pyridine rings is 1. The number of halogens is 2. The summed E-state index contributed by atoms with van der Waals surface area (Å²) >= 11 is 7.09. The zero-order valence-electron chi connectivity index (χ0n) is 13.1. The molecule has 1 aliphatic rings. The van der Waals surface area contributed by atoms with Gasteiger partial charge in [0.1, 0.15) is 5.82 Å². The molecule has 0 aliphatic carbocycles. The Morgan fingerprint density at radius 3 is 2.65 bits per heavy atom. The van der Waals surface area contributed by atoms with Crippen molar-refractivity contribution in [3.8, 4) is 0 Å². The van der Waals surface area contributed by atoms with Crippen LogP contribution in [0.3, 0.4) is 0 Å². The normalized spacial score (nSPS) is 15.0. The third-order valence-electron chi connectivity index (χ3n) is 4.05. The van der Waals surface area contributed by atoms with Crippen molar-refractivity contribution in [2.75, 3.05) is 6.54 Å². The Balaban J connectivity index is 1.85. The molecule has 0 aromatic carbocycles. The lowest BCUT2D eigenvalue weighted by Crippen LogP contribution is -2.36. The quantitative estimate of drug-likeness (QED) is 0.793. The van der Waals surface area contributed by atoms with Crippen LogP contribution in [0.4, 0.5) is 0 Å². The molecule has 0 spiro atoms. The van der Waals surface area contributed by atoms with Gasteiger partial charge in [0.15, 0.2) is 0 Å². The fourth-order valence-corrected chi connectivity index (χ4v) is 3.90. The van der Waals surface area contributed by atoms with E-state index in [-0.39, 0.29) is 11.5 Å². The Morgan fingerprint density at radius 1 is 1.30 bits per heavy atom. The predicted octanol–water partition coefficient (Wildman–Crippen LogP) is 3.37. The molecule has 0 amide bonds. The van der Waals surface area contributed by atoms with E-state index in [1.54, 1.807) is 12.4 Å². The summed E-state index contributed by atoms with van der Waals surface area (Å²) in [6.07, 6.45) is 4.39. The number of fused-ring (bicyclic) bond motifs is 1. The van der Waals surface area contributed by atoms with E-state index >= 15 is 0 Å². The highest BCUT2D eigenvalue weighted by Crippen LogP contribution is 2.27. The van der Waals surface area contributed by atoms with Crippen LogP contribution >= 0.6 is 31.9 Å².